The number of amides is 1. The lowest BCUT2D eigenvalue weighted by Crippen LogP contribution is -2.49. The Morgan fingerprint density at radius 2 is 2.10 bits per heavy atom. The summed E-state index contributed by atoms with van der Waals surface area (Å²) in [6.45, 7) is 5.92. The number of hydrogen-bond donors (Lipinski definition) is 1. The largest absolute Gasteiger partial charge is 0.474 e. The van der Waals surface area contributed by atoms with Crippen LogP contribution in [0.1, 0.15) is 44.9 Å². The zero-order valence-corrected chi connectivity index (χ0v) is 13.4. The molecule has 1 rings (SSSR count). The third-order valence-electron chi connectivity index (χ3n) is 2.82. The minimum atomic E-state index is -1.41. The number of thiazole rings is 1. The van der Waals surface area contributed by atoms with Crippen molar-refractivity contribution in [2.75, 3.05) is 6.54 Å². The summed E-state index contributed by atoms with van der Waals surface area (Å²) in [5.41, 5.74) is 1.24. The van der Waals surface area contributed by atoms with Gasteiger partial charge in [0.05, 0.1) is 16.6 Å². The van der Waals surface area contributed by atoms with E-state index in [1.54, 1.807) is 11.7 Å². The van der Waals surface area contributed by atoms with Crippen LogP contribution in [0.15, 0.2) is 11.7 Å². The predicted molar refractivity (Wildman–Crippen MR) is 81.9 cm³/mol. The highest BCUT2D eigenvalue weighted by Crippen LogP contribution is 2.15. The van der Waals surface area contributed by atoms with Crippen LogP contribution in [0.5, 0.6) is 0 Å². The van der Waals surface area contributed by atoms with Gasteiger partial charge in [-0.25, -0.2) is 4.79 Å². The van der Waals surface area contributed by atoms with Gasteiger partial charge in [-0.15, -0.1) is 11.3 Å². The van der Waals surface area contributed by atoms with Crippen molar-refractivity contribution in [2.45, 2.75) is 45.6 Å². The molecule has 5 nitrogen and oxygen atoms in total. The Labute approximate surface area is 129 Å². The summed E-state index contributed by atoms with van der Waals surface area (Å²) in [5, 5.41) is 8.84. The molecule has 0 spiro atoms. The summed E-state index contributed by atoms with van der Waals surface area (Å²) in [5.74, 6) is 3.81. The molecule has 1 amide bonds. The summed E-state index contributed by atoms with van der Waals surface area (Å²) in [4.78, 5) is 28.8. The normalized spacial score (nSPS) is 10.6. The smallest absolute Gasteiger partial charge is 0.394 e. The van der Waals surface area contributed by atoms with Gasteiger partial charge in [0.1, 0.15) is 0 Å². The Bertz CT molecular complexity index is 536. The second kappa shape index (κ2) is 7.79. The van der Waals surface area contributed by atoms with Gasteiger partial charge in [-0.3, -0.25) is 9.78 Å². The lowest BCUT2D eigenvalue weighted by Gasteiger charge is -2.34. The molecule has 1 aromatic rings. The van der Waals surface area contributed by atoms with E-state index in [2.05, 4.69) is 16.8 Å². The van der Waals surface area contributed by atoms with Crippen LogP contribution in [-0.4, -0.2) is 39.0 Å². The molecule has 1 N–H and O–H groups in total. The maximum atomic E-state index is 11.7. The number of hydrogen-bond acceptors (Lipinski definition) is 4. The van der Waals surface area contributed by atoms with Crippen LogP contribution in [0, 0.1) is 11.8 Å². The molecule has 0 aliphatic heterocycles. The summed E-state index contributed by atoms with van der Waals surface area (Å²) in [6, 6.07) is 0. The van der Waals surface area contributed by atoms with Crippen LogP contribution in [0.25, 0.3) is 0 Å². The Hall–Kier alpha value is -1.87. The van der Waals surface area contributed by atoms with E-state index in [1.807, 2.05) is 20.8 Å². The van der Waals surface area contributed by atoms with Crippen LogP contribution >= 0.6 is 11.3 Å². The van der Waals surface area contributed by atoms with E-state index in [0.29, 0.717) is 6.54 Å². The van der Waals surface area contributed by atoms with Gasteiger partial charge in [-0.05, 0) is 33.6 Å². The topological polar surface area (TPSA) is 70.5 Å². The van der Waals surface area contributed by atoms with Gasteiger partial charge in [0.2, 0.25) is 0 Å². The Morgan fingerprint density at radius 3 is 2.62 bits per heavy atom. The van der Waals surface area contributed by atoms with Crippen LogP contribution in [0.4, 0.5) is 0 Å². The molecule has 0 aromatic carbocycles. The minimum absolute atomic E-state index is 0.427. The molecule has 0 atom stereocenters. The maximum absolute atomic E-state index is 11.7. The van der Waals surface area contributed by atoms with Gasteiger partial charge < -0.3 is 10.0 Å². The van der Waals surface area contributed by atoms with E-state index in [-0.39, 0.29) is 0 Å². The lowest BCUT2D eigenvalue weighted by molar-refractivity contribution is -0.158. The highest BCUT2D eigenvalue weighted by molar-refractivity contribution is 7.10. The molecule has 114 valence electrons. The first kappa shape index (κ1) is 17.2. The molecule has 0 saturated heterocycles. The number of nitrogens with zero attached hydrogens (tertiary/aromatic N) is 2. The monoisotopic (exact) mass is 308 g/mol. The van der Waals surface area contributed by atoms with Crippen LogP contribution in [-0.2, 0) is 9.59 Å². The van der Waals surface area contributed by atoms with E-state index in [9.17, 15) is 9.59 Å². The fraction of sp³-hybridized carbons (Fsp3) is 0.533. The summed E-state index contributed by atoms with van der Waals surface area (Å²) >= 11 is 1.50. The molecule has 0 aliphatic carbocycles. The van der Waals surface area contributed by atoms with Gasteiger partial charge in [0.15, 0.2) is 0 Å². The molecule has 6 heteroatoms. The maximum Gasteiger partial charge on any atom is 0.394 e. The third-order valence-corrected chi connectivity index (χ3v) is 3.50. The molecule has 0 radical (unpaired) electrons. The molecule has 0 bridgehead atoms. The molecule has 0 fully saturated rings. The second-order valence-corrected chi connectivity index (χ2v) is 6.44. The number of rotatable bonds is 4. The van der Waals surface area contributed by atoms with Crippen molar-refractivity contribution in [3.63, 3.8) is 0 Å². The zero-order valence-electron chi connectivity index (χ0n) is 12.5. The first-order chi connectivity index (χ1) is 9.82. The fourth-order valence-electron chi connectivity index (χ4n) is 1.77. The van der Waals surface area contributed by atoms with Crippen molar-refractivity contribution in [3.8, 4) is 11.8 Å². The van der Waals surface area contributed by atoms with E-state index >= 15 is 0 Å². The average molecular weight is 308 g/mol. The molecule has 21 heavy (non-hydrogen) atoms. The van der Waals surface area contributed by atoms with Crippen molar-refractivity contribution < 1.29 is 14.7 Å². The van der Waals surface area contributed by atoms with Gasteiger partial charge in [0, 0.05) is 18.5 Å². The average Bonchev–Trinajstić information content (AvgIpc) is 2.88. The Kier molecular flexibility index (Phi) is 6.38. The van der Waals surface area contributed by atoms with Gasteiger partial charge in [-0.2, -0.15) is 0 Å². The van der Waals surface area contributed by atoms with Gasteiger partial charge in [-0.1, -0.05) is 11.8 Å². The van der Waals surface area contributed by atoms with Crippen LogP contribution in [0.3, 0.4) is 0 Å². The predicted octanol–water partition coefficient (Wildman–Crippen LogP) is 2.38. The third kappa shape index (κ3) is 5.96. The van der Waals surface area contributed by atoms with E-state index in [0.717, 1.165) is 24.1 Å². The summed E-state index contributed by atoms with van der Waals surface area (Å²) in [7, 11) is 0. The second-order valence-electron chi connectivity index (χ2n) is 5.56. The van der Waals surface area contributed by atoms with Gasteiger partial charge in [0.25, 0.3) is 0 Å². The van der Waals surface area contributed by atoms with Crippen molar-refractivity contribution in [1.82, 2.24) is 9.88 Å². The first-order valence-electron chi connectivity index (χ1n) is 6.74. The zero-order chi connectivity index (χ0) is 15.9. The lowest BCUT2D eigenvalue weighted by atomic mass is 10.0. The quantitative estimate of drug-likeness (QED) is 0.527. The number of unbranched alkanes of at least 4 members (excludes halogenated alkanes) is 2. The molecular weight excluding hydrogens is 288 g/mol. The number of carboxylic acid groups (broad SMARTS) is 1. The van der Waals surface area contributed by atoms with Crippen LogP contribution in [0.2, 0.25) is 0 Å². The van der Waals surface area contributed by atoms with E-state index in [4.69, 9.17) is 5.11 Å². The number of carboxylic acids is 1. The highest BCUT2D eigenvalue weighted by Gasteiger charge is 2.29. The van der Waals surface area contributed by atoms with Gasteiger partial charge >= 0.3 is 11.9 Å². The van der Waals surface area contributed by atoms with Crippen LogP contribution < -0.4 is 0 Å². The van der Waals surface area contributed by atoms with Crippen molar-refractivity contribution >= 4 is 23.2 Å². The van der Waals surface area contributed by atoms with Crippen molar-refractivity contribution in [3.05, 3.63) is 16.6 Å². The molecule has 0 unspecified atom stereocenters. The standard InChI is InChI=1S/C15H20N2O3S/c1-15(2,3)17(13(18)14(19)20)9-7-5-4-6-8-12-10-16-11-21-12/h10-11H,4-5,7,9H2,1-3H3,(H,19,20). The van der Waals surface area contributed by atoms with E-state index < -0.39 is 17.4 Å². The molecule has 1 aromatic heterocycles. The minimum Gasteiger partial charge on any atom is -0.474 e. The Balaban J connectivity index is 2.40. The number of aromatic nitrogens is 1. The number of carbonyl (C=O) groups is 2. The SMILES string of the molecule is CC(C)(C)N(CCCCC#Cc1cncs1)C(=O)C(=O)O. The number of carbonyl (C=O) groups excluding carboxylic acids is 1. The summed E-state index contributed by atoms with van der Waals surface area (Å²) < 4.78 is 0. The Morgan fingerprint density at radius 1 is 1.38 bits per heavy atom. The van der Waals surface area contributed by atoms with Crippen molar-refractivity contribution in [1.29, 1.82) is 0 Å². The van der Waals surface area contributed by atoms with E-state index in [1.165, 1.54) is 16.2 Å². The molecule has 1 heterocycles. The molecular formula is C15H20N2O3S. The summed E-state index contributed by atoms with van der Waals surface area (Å²) in [6.07, 6.45) is 4.00. The fourth-order valence-corrected chi connectivity index (χ4v) is 2.26. The first-order valence-corrected chi connectivity index (χ1v) is 7.62. The highest BCUT2D eigenvalue weighted by atomic mass is 32.1. The van der Waals surface area contributed by atoms with Crippen molar-refractivity contribution in [2.24, 2.45) is 0 Å². The molecule has 0 aliphatic rings. The number of aliphatic carboxylic acids is 1. The molecule has 0 saturated carbocycles.